The first kappa shape index (κ1) is 17.2. The molecular formula is C19H25BrN2S. The molecule has 0 unspecified atom stereocenters. The van der Waals surface area contributed by atoms with Gasteiger partial charge in [-0.3, -0.25) is 4.90 Å². The predicted octanol–water partition coefficient (Wildman–Crippen LogP) is 4.85. The van der Waals surface area contributed by atoms with Crippen molar-refractivity contribution < 1.29 is 0 Å². The van der Waals surface area contributed by atoms with Crippen molar-refractivity contribution in [2.24, 2.45) is 5.92 Å². The second kappa shape index (κ2) is 8.43. The average molecular weight is 393 g/mol. The van der Waals surface area contributed by atoms with Crippen LogP contribution in [-0.2, 0) is 13.1 Å². The van der Waals surface area contributed by atoms with Crippen LogP contribution in [-0.4, -0.2) is 36.5 Å². The van der Waals surface area contributed by atoms with Gasteiger partial charge in [-0.05, 0) is 79.0 Å². The normalized spacial score (nSPS) is 17.0. The standard InChI is InChI=1S/C19H25BrN2S/c1-21(13-18-7-10-23-15-18)12-16-5-8-22(9-6-16)14-17-3-2-4-19(20)11-17/h2-4,7,10-11,15-16H,5-6,8-9,12-14H2,1H3. The van der Waals surface area contributed by atoms with Gasteiger partial charge in [-0.15, -0.1) is 0 Å². The molecule has 1 fully saturated rings. The molecule has 2 aromatic rings. The zero-order valence-corrected chi connectivity index (χ0v) is 16.2. The summed E-state index contributed by atoms with van der Waals surface area (Å²) in [4.78, 5) is 5.08. The molecule has 0 saturated carbocycles. The van der Waals surface area contributed by atoms with Crippen LogP contribution in [0, 0.1) is 5.92 Å². The Morgan fingerprint density at radius 2 is 2.04 bits per heavy atom. The van der Waals surface area contributed by atoms with E-state index in [2.05, 4.69) is 73.9 Å². The zero-order chi connectivity index (χ0) is 16.1. The van der Waals surface area contributed by atoms with Crippen LogP contribution >= 0.6 is 27.3 Å². The lowest BCUT2D eigenvalue weighted by atomic mass is 9.96. The summed E-state index contributed by atoms with van der Waals surface area (Å²) in [5.74, 6) is 0.845. The van der Waals surface area contributed by atoms with Crippen LogP contribution in [0.2, 0.25) is 0 Å². The Hall–Kier alpha value is -0.680. The van der Waals surface area contributed by atoms with Crippen molar-refractivity contribution in [2.45, 2.75) is 25.9 Å². The number of halogens is 1. The van der Waals surface area contributed by atoms with Gasteiger partial charge < -0.3 is 4.90 Å². The van der Waals surface area contributed by atoms with Crippen LogP contribution < -0.4 is 0 Å². The first-order valence-corrected chi connectivity index (χ1v) is 10.1. The van der Waals surface area contributed by atoms with E-state index in [1.165, 1.54) is 48.1 Å². The van der Waals surface area contributed by atoms with E-state index in [-0.39, 0.29) is 0 Å². The van der Waals surface area contributed by atoms with Crippen molar-refractivity contribution in [3.8, 4) is 0 Å². The molecule has 0 aliphatic carbocycles. The van der Waals surface area contributed by atoms with Crippen molar-refractivity contribution in [3.63, 3.8) is 0 Å². The zero-order valence-electron chi connectivity index (χ0n) is 13.7. The topological polar surface area (TPSA) is 6.48 Å². The molecule has 2 nitrogen and oxygen atoms in total. The maximum absolute atomic E-state index is 3.56. The molecular weight excluding hydrogens is 368 g/mol. The molecule has 0 radical (unpaired) electrons. The number of likely N-dealkylation sites (tertiary alicyclic amines) is 1. The minimum atomic E-state index is 0.845. The molecule has 2 heterocycles. The fourth-order valence-electron chi connectivity index (χ4n) is 3.42. The average Bonchev–Trinajstić information content (AvgIpc) is 3.02. The molecule has 0 spiro atoms. The van der Waals surface area contributed by atoms with E-state index in [0.717, 1.165) is 19.0 Å². The summed E-state index contributed by atoms with van der Waals surface area (Å²) < 4.78 is 1.18. The second-order valence-corrected chi connectivity index (χ2v) is 8.37. The predicted molar refractivity (Wildman–Crippen MR) is 103 cm³/mol. The molecule has 124 valence electrons. The Labute approximate surface area is 152 Å². The Morgan fingerprint density at radius 1 is 1.22 bits per heavy atom. The summed E-state index contributed by atoms with van der Waals surface area (Å²) in [6, 6.07) is 10.9. The highest BCUT2D eigenvalue weighted by Gasteiger charge is 2.20. The minimum Gasteiger partial charge on any atom is -0.302 e. The van der Waals surface area contributed by atoms with E-state index >= 15 is 0 Å². The van der Waals surface area contributed by atoms with Crippen LogP contribution in [0.3, 0.4) is 0 Å². The Bertz CT molecular complexity index is 591. The molecule has 23 heavy (non-hydrogen) atoms. The fraction of sp³-hybridized carbons (Fsp3) is 0.474. The van der Waals surface area contributed by atoms with Crippen LogP contribution in [0.1, 0.15) is 24.0 Å². The van der Waals surface area contributed by atoms with Gasteiger partial charge in [-0.2, -0.15) is 11.3 Å². The SMILES string of the molecule is CN(Cc1ccsc1)CC1CCN(Cc2cccc(Br)c2)CC1. The molecule has 0 amide bonds. The van der Waals surface area contributed by atoms with Crippen molar-refractivity contribution in [1.82, 2.24) is 9.80 Å². The molecule has 0 N–H and O–H groups in total. The van der Waals surface area contributed by atoms with E-state index in [1.54, 1.807) is 11.3 Å². The van der Waals surface area contributed by atoms with E-state index in [0.29, 0.717) is 0 Å². The second-order valence-electron chi connectivity index (χ2n) is 6.68. The number of rotatable bonds is 6. The van der Waals surface area contributed by atoms with Crippen molar-refractivity contribution in [3.05, 3.63) is 56.7 Å². The monoisotopic (exact) mass is 392 g/mol. The van der Waals surface area contributed by atoms with Gasteiger partial charge >= 0.3 is 0 Å². The molecule has 1 aromatic carbocycles. The first-order chi connectivity index (χ1) is 11.2. The van der Waals surface area contributed by atoms with Gasteiger partial charge in [-0.25, -0.2) is 0 Å². The summed E-state index contributed by atoms with van der Waals surface area (Å²) in [7, 11) is 2.26. The lowest BCUT2D eigenvalue weighted by molar-refractivity contribution is 0.147. The highest BCUT2D eigenvalue weighted by Crippen LogP contribution is 2.21. The number of piperidine rings is 1. The summed E-state index contributed by atoms with van der Waals surface area (Å²) in [5, 5.41) is 4.43. The van der Waals surface area contributed by atoms with Crippen LogP contribution in [0.4, 0.5) is 0 Å². The molecule has 3 rings (SSSR count). The van der Waals surface area contributed by atoms with Gasteiger partial charge in [0.25, 0.3) is 0 Å². The van der Waals surface area contributed by atoms with Gasteiger partial charge in [-0.1, -0.05) is 28.1 Å². The van der Waals surface area contributed by atoms with Crippen molar-refractivity contribution in [1.29, 1.82) is 0 Å². The molecule has 1 aliphatic heterocycles. The lowest BCUT2D eigenvalue weighted by Gasteiger charge is -2.34. The van der Waals surface area contributed by atoms with Crippen molar-refractivity contribution in [2.75, 3.05) is 26.7 Å². The van der Waals surface area contributed by atoms with Crippen molar-refractivity contribution >= 4 is 27.3 Å². The molecule has 0 bridgehead atoms. The van der Waals surface area contributed by atoms with Crippen LogP contribution in [0.15, 0.2) is 45.6 Å². The van der Waals surface area contributed by atoms with Gasteiger partial charge in [0.05, 0.1) is 0 Å². The number of hydrogen-bond acceptors (Lipinski definition) is 3. The Balaban J connectivity index is 1.41. The molecule has 0 atom stereocenters. The molecule has 1 saturated heterocycles. The van der Waals surface area contributed by atoms with E-state index in [1.807, 2.05) is 0 Å². The van der Waals surface area contributed by atoms with Gasteiger partial charge in [0.2, 0.25) is 0 Å². The third-order valence-electron chi connectivity index (χ3n) is 4.60. The number of benzene rings is 1. The largest absolute Gasteiger partial charge is 0.302 e. The number of nitrogens with zero attached hydrogens (tertiary/aromatic N) is 2. The Morgan fingerprint density at radius 3 is 2.74 bits per heavy atom. The number of thiophene rings is 1. The summed E-state index contributed by atoms with van der Waals surface area (Å²) in [5.41, 5.74) is 2.86. The highest BCUT2D eigenvalue weighted by molar-refractivity contribution is 9.10. The van der Waals surface area contributed by atoms with Gasteiger partial charge in [0.1, 0.15) is 0 Å². The molecule has 4 heteroatoms. The quantitative estimate of drug-likeness (QED) is 0.692. The van der Waals surface area contributed by atoms with E-state index < -0.39 is 0 Å². The maximum Gasteiger partial charge on any atom is 0.0239 e. The summed E-state index contributed by atoms with van der Waals surface area (Å²) in [6.45, 7) is 5.84. The summed E-state index contributed by atoms with van der Waals surface area (Å²) >= 11 is 5.36. The third-order valence-corrected chi connectivity index (χ3v) is 5.83. The number of hydrogen-bond donors (Lipinski definition) is 0. The Kier molecular flexibility index (Phi) is 6.29. The van der Waals surface area contributed by atoms with Crippen LogP contribution in [0.25, 0.3) is 0 Å². The van der Waals surface area contributed by atoms with E-state index in [9.17, 15) is 0 Å². The van der Waals surface area contributed by atoms with E-state index in [4.69, 9.17) is 0 Å². The van der Waals surface area contributed by atoms with Gasteiger partial charge in [0, 0.05) is 24.1 Å². The molecule has 1 aromatic heterocycles. The molecule has 1 aliphatic rings. The van der Waals surface area contributed by atoms with Crippen LogP contribution in [0.5, 0.6) is 0 Å². The smallest absolute Gasteiger partial charge is 0.0239 e. The third kappa shape index (κ3) is 5.42. The highest BCUT2D eigenvalue weighted by atomic mass is 79.9. The van der Waals surface area contributed by atoms with Gasteiger partial charge in [0.15, 0.2) is 0 Å². The lowest BCUT2D eigenvalue weighted by Crippen LogP contribution is -2.37. The fourth-order valence-corrected chi connectivity index (χ4v) is 4.53. The summed E-state index contributed by atoms with van der Waals surface area (Å²) in [6.07, 6.45) is 2.64. The minimum absolute atomic E-state index is 0.845. The first-order valence-electron chi connectivity index (χ1n) is 8.35. The maximum atomic E-state index is 3.56.